The van der Waals surface area contributed by atoms with E-state index in [0.717, 1.165) is 31.8 Å². The van der Waals surface area contributed by atoms with E-state index in [1.54, 1.807) is 6.92 Å². The van der Waals surface area contributed by atoms with Crippen molar-refractivity contribution in [1.82, 2.24) is 10.2 Å². The van der Waals surface area contributed by atoms with Crippen molar-refractivity contribution < 1.29 is 9.53 Å². The summed E-state index contributed by atoms with van der Waals surface area (Å²) in [5, 5.41) is 2.90. The first kappa shape index (κ1) is 19.3. The van der Waals surface area contributed by atoms with Gasteiger partial charge in [0.15, 0.2) is 5.96 Å². The summed E-state index contributed by atoms with van der Waals surface area (Å²) in [6.45, 7) is 6.98. The van der Waals surface area contributed by atoms with E-state index in [1.165, 1.54) is 12.8 Å². The SMILES string of the molecule is CCOC(=O)NC(CN=C(N)N1CCC(C)CC1)C1CC1.I. The largest absolute Gasteiger partial charge is 0.450 e. The molecular formula is C15H29IN4O2. The fourth-order valence-corrected chi connectivity index (χ4v) is 2.66. The van der Waals surface area contributed by atoms with Gasteiger partial charge in [0.2, 0.25) is 0 Å². The molecule has 7 heteroatoms. The lowest BCUT2D eigenvalue weighted by molar-refractivity contribution is 0.147. The Bertz CT molecular complexity index is 380. The fraction of sp³-hybridized carbons (Fsp3) is 0.867. The van der Waals surface area contributed by atoms with E-state index in [9.17, 15) is 4.79 Å². The lowest BCUT2D eigenvalue weighted by Crippen LogP contribution is -2.44. The molecule has 0 bridgehead atoms. The van der Waals surface area contributed by atoms with Crippen molar-refractivity contribution in [3.63, 3.8) is 0 Å². The molecule has 128 valence electrons. The summed E-state index contributed by atoms with van der Waals surface area (Å²) in [7, 11) is 0. The number of aliphatic imine (C=N–C) groups is 1. The highest BCUT2D eigenvalue weighted by atomic mass is 127. The number of nitrogens with zero attached hydrogens (tertiary/aromatic N) is 2. The molecule has 0 aromatic heterocycles. The number of hydrogen-bond donors (Lipinski definition) is 2. The molecular weight excluding hydrogens is 395 g/mol. The third-order valence-corrected chi connectivity index (χ3v) is 4.33. The van der Waals surface area contributed by atoms with Gasteiger partial charge in [-0.05, 0) is 44.4 Å². The Morgan fingerprint density at radius 3 is 2.55 bits per heavy atom. The quantitative estimate of drug-likeness (QED) is 0.403. The minimum atomic E-state index is -0.352. The summed E-state index contributed by atoms with van der Waals surface area (Å²) in [6.07, 6.45) is 4.28. The molecule has 1 atom stereocenters. The molecule has 1 amide bonds. The number of likely N-dealkylation sites (tertiary alicyclic amines) is 1. The number of nitrogens with one attached hydrogen (secondary N) is 1. The topological polar surface area (TPSA) is 79.9 Å². The number of guanidine groups is 1. The van der Waals surface area contributed by atoms with E-state index in [1.807, 2.05) is 0 Å². The van der Waals surface area contributed by atoms with Crippen LogP contribution in [-0.2, 0) is 4.74 Å². The molecule has 1 saturated carbocycles. The van der Waals surface area contributed by atoms with E-state index in [2.05, 4.69) is 22.1 Å². The van der Waals surface area contributed by atoms with E-state index < -0.39 is 0 Å². The first-order chi connectivity index (χ1) is 10.1. The molecule has 6 nitrogen and oxygen atoms in total. The van der Waals surface area contributed by atoms with Crippen LogP contribution in [0.2, 0.25) is 0 Å². The first-order valence-electron chi connectivity index (χ1n) is 8.08. The molecule has 2 rings (SSSR count). The van der Waals surface area contributed by atoms with Crippen molar-refractivity contribution in [2.75, 3.05) is 26.2 Å². The van der Waals surface area contributed by atoms with Crippen LogP contribution in [-0.4, -0.2) is 49.2 Å². The van der Waals surface area contributed by atoms with Crippen LogP contribution in [0.5, 0.6) is 0 Å². The van der Waals surface area contributed by atoms with Crippen LogP contribution in [0, 0.1) is 11.8 Å². The maximum atomic E-state index is 11.5. The highest BCUT2D eigenvalue weighted by Gasteiger charge is 2.32. The van der Waals surface area contributed by atoms with Gasteiger partial charge in [0.25, 0.3) is 0 Å². The van der Waals surface area contributed by atoms with Crippen molar-refractivity contribution in [1.29, 1.82) is 0 Å². The summed E-state index contributed by atoms with van der Waals surface area (Å²) in [6, 6.07) is 0.0475. The van der Waals surface area contributed by atoms with Crippen molar-refractivity contribution in [3.05, 3.63) is 0 Å². The van der Waals surface area contributed by atoms with Crippen molar-refractivity contribution in [2.24, 2.45) is 22.6 Å². The summed E-state index contributed by atoms with van der Waals surface area (Å²) >= 11 is 0. The van der Waals surface area contributed by atoms with Crippen LogP contribution in [0.1, 0.15) is 39.5 Å². The molecule has 3 N–H and O–H groups in total. The van der Waals surface area contributed by atoms with Gasteiger partial charge in [-0.2, -0.15) is 0 Å². The predicted octanol–water partition coefficient (Wildman–Crippen LogP) is 2.18. The maximum absolute atomic E-state index is 11.5. The summed E-state index contributed by atoms with van der Waals surface area (Å²) < 4.78 is 4.95. The molecule has 1 aliphatic carbocycles. The Kier molecular flexibility index (Phi) is 8.27. The minimum absolute atomic E-state index is 0. The van der Waals surface area contributed by atoms with Crippen LogP contribution < -0.4 is 11.1 Å². The van der Waals surface area contributed by atoms with E-state index >= 15 is 0 Å². The molecule has 0 radical (unpaired) electrons. The number of hydrogen-bond acceptors (Lipinski definition) is 3. The molecule has 0 aromatic carbocycles. The smallest absolute Gasteiger partial charge is 0.407 e. The minimum Gasteiger partial charge on any atom is -0.450 e. The number of amides is 1. The molecule has 1 unspecified atom stereocenters. The average Bonchev–Trinajstić information content (AvgIpc) is 3.28. The van der Waals surface area contributed by atoms with Gasteiger partial charge in [-0.3, -0.25) is 4.99 Å². The zero-order chi connectivity index (χ0) is 15.2. The van der Waals surface area contributed by atoms with Crippen LogP contribution >= 0.6 is 24.0 Å². The molecule has 2 aliphatic rings. The standard InChI is InChI=1S/C15H28N4O2.HI/c1-3-21-15(20)18-13(12-4-5-12)10-17-14(16)19-8-6-11(2)7-9-19;/h11-13H,3-10H2,1-2H3,(H2,16,17)(H,18,20);1H. The van der Waals surface area contributed by atoms with Crippen molar-refractivity contribution >= 4 is 36.0 Å². The Labute approximate surface area is 150 Å². The number of piperidine rings is 1. The molecule has 1 aliphatic heterocycles. The summed E-state index contributed by atoms with van der Waals surface area (Å²) in [4.78, 5) is 18.2. The molecule has 2 fully saturated rings. The van der Waals surface area contributed by atoms with Gasteiger partial charge in [0, 0.05) is 13.1 Å². The fourth-order valence-electron chi connectivity index (χ4n) is 2.66. The van der Waals surface area contributed by atoms with Crippen molar-refractivity contribution in [3.8, 4) is 0 Å². The average molecular weight is 424 g/mol. The van der Waals surface area contributed by atoms with Crippen LogP contribution in [0.4, 0.5) is 4.79 Å². The van der Waals surface area contributed by atoms with Gasteiger partial charge >= 0.3 is 6.09 Å². The number of alkyl carbamates (subject to hydrolysis) is 1. The lowest BCUT2D eigenvalue weighted by Gasteiger charge is -2.31. The van der Waals surface area contributed by atoms with Crippen LogP contribution in [0.25, 0.3) is 0 Å². The van der Waals surface area contributed by atoms with Gasteiger partial charge in [-0.15, -0.1) is 24.0 Å². The van der Waals surface area contributed by atoms with E-state index in [-0.39, 0.29) is 36.1 Å². The maximum Gasteiger partial charge on any atom is 0.407 e. The molecule has 1 heterocycles. The van der Waals surface area contributed by atoms with E-state index in [0.29, 0.717) is 25.0 Å². The van der Waals surface area contributed by atoms with Gasteiger partial charge in [0.05, 0.1) is 19.2 Å². The monoisotopic (exact) mass is 424 g/mol. The Hall–Kier alpha value is -0.730. The van der Waals surface area contributed by atoms with Gasteiger partial charge < -0.3 is 20.7 Å². The number of ether oxygens (including phenoxy) is 1. The highest BCUT2D eigenvalue weighted by molar-refractivity contribution is 14.0. The lowest BCUT2D eigenvalue weighted by atomic mass is 10.00. The number of carbonyl (C=O) groups excluding carboxylic acids is 1. The summed E-state index contributed by atoms with van der Waals surface area (Å²) in [5.41, 5.74) is 6.08. The first-order valence-corrected chi connectivity index (χ1v) is 8.08. The van der Waals surface area contributed by atoms with Crippen molar-refractivity contribution in [2.45, 2.75) is 45.6 Å². The molecule has 0 aromatic rings. The van der Waals surface area contributed by atoms with Gasteiger partial charge in [-0.1, -0.05) is 6.92 Å². The number of rotatable bonds is 5. The number of halogens is 1. The third kappa shape index (κ3) is 6.18. The molecule has 1 saturated heterocycles. The second-order valence-electron chi connectivity index (χ2n) is 6.18. The second kappa shape index (κ2) is 9.42. The molecule has 0 spiro atoms. The highest BCUT2D eigenvalue weighted by Crippen LogP contribution is 2.32. The van der Waals surface area contributed by atoms with Crippen LogP contribution in [0.3, 0.4) is 0 Å². The van der Waals surface area contributed by atoms with Gasteiger partial charge in [-0.25, -0.2) is 4.79 Å². The normalized spacial score (nSPS) is 21.0. The number of nitrogens with two attached hydrogens (primary N) is 1. The Balaban J connectivity index is 0.00000242. The van der Waals surface area contributed by atoms with Gasteiger partial charge in [0.1, 0.15) is 0 Å². The molecule has 22 heavy (non-hydrogen) atoms. The zero-order valence-corrected chi connectivity index (χ0v) is 15.9. The van der Waals surface area contributed by atoms with Crippen LogP contribution in [0.15, 0.2) is 4.99 Å². The second-order valence-corrected chi connectivity index (χ2v) is 6.18. The zero-order valence-electron chi connectivity index (χ0n) is 13.6. The summed E-state index contributed by atoms with van der Waals surface area (Å²) in [5.74, 6) is 1.91. The Morgan fingerprint density at radius 2 is 2.00 bits per heavy atom. The predicted molar refractivity (Wildman–Crippen MR) is 98.5 cm³/mol. The third-order valence-electron chi connectivity index (χ3n) is 4.33. The number of carbonyl (C=O) groups is 1. The van der Waals surface area contributed by atoms with E-state index in [4.69, 9.17) is 10.5 Å². The Morgan fingerprint density at radius 1 is 1.36 bits per heavy atom.